The van der Waals surface area contributed by atoms with Crippen molar-refractivity contribution in [1.29, 1.82) is 0 Å². The second-order valence-electron chi connectivity index (χ2n) is 7.18. The third kappa shape index (κ3) is 3.72. The molecule has 2 aliphatic rings. The number of nitrogens with zero attached hydrogens (tertiary/aromatic N) is 4. The quantitative estimate of drug-likeness (QED) is 0.762. The van der Waals surface area contributed by atoms with E-state index in [1.54, 1.807) is 11.0 Å². The van der Waals surface area contributed by atoms with Crippen LogP contribution in [0.15, 0.2) is 30.5 Å². The number of rotatable bonds is 3. The highest BCUT2D eigenvalue weighted by molar-refractivity contribution is 6.31. The highest BCUT2D eigenvalue weighted by atomic mass is 35.5. The Morgan fingerprint density at radius 1 is 1.07 bits per heavy atom. The van der Waals surface area contributed by atoms with Crippen molar-refractivity contribution >= 4 is 35.1 Å². The van der Waals surface area contributed by atoms with E-state index in [1.807, 2.05) is 33.7 Å². The smallest absolute Gasteiger partial charge is 0.246 e. The predicted octanol–water partition coefficient (Wildman–Crippen LogP) is 2.86. The van der Waals surface area contributed by atoms with Crippen LogP contribution in [0, 0.1) is 5.92 Å². The Balaban J connectivity index is 1.37. The molecule has 0 unspecified atom stereocenters. The number of piperazine rings is 1. The van der Waals surface area contributed by atoms with E-state index in [1.165, 1.54) is 6.08 Å². The van der Waals surface area contributed by atoms with Gasteiger partial charge in [-0.25, -0.2) is 4.98 Å². The van der Waals surface area contributed by atoms with E-state index >= 15 is 0 Å². The largest absolute Gasteiger partial charge is 0.339 e. The first-order valence-corrected chi connectivity index (χ1v) is 9.89. The summed E-state index contributed by atoms with van der Waals surface area (Å²) in [5.41, 5.74) is 1.43. The van der Waals surface area contributed by atoms with E-state index in [-0.39, 0.29) is 17.7 Å². The number of hydrogen-bond acceptors (Lipinski definition) is 3. The van der Waals surface area contributed by atoms with Gasteiger partial charge in [-0.3, -0.25) is 14.0 Å². The number of fused-ring (bicyclic) bond motifs is 1. The number of pyridine rings is 1. The number of halogens is 1. The average Bonchev–Trinajstić information content (AvgIpc) is 3.33. The lowest BCUT2D eigenvalue weighted by Crippen LogP contribution is -2.51. The van der Waals surface area contributed by atoms with E-state index in [0.717, 1.165) is 31.3 Å². The van der Waals surface area contributed by atoms with Gasteiger partial charge in [-0.2, -0.15) is 0 Å². The number of aromatic nitrogens is 2. The molecule has 4 rings (SSSR count). The number of carbonyl (C=O) groups excluding carboxylic acids is 2. The van der Waals surface area contributed by atoms with Gasteiger partial charge in [0.25, 0.3) is 0 Å². The minimum atomic E-state index is -0.0649. The molecular weight excluding hydrogens is 364 g/mol. The van der Waals surface area contributed by atoms with Crippen molar-refractivity contribution in [3.8, 4) is 0 Å². The van der Waals surface area contributed by atoms with Crippen LogP contribution in [-0.2, 0) is 9.59 Å². The number of carbonyl (C=O) groups is 2. The first-order chi connectivity index (χ1) is 13.1. The first-order valence-electron chi connectivity index (χ1n) is 9.52. The van der Waals surface area contributed by atoms with Gasteiger partial charge in [0, 0.05) is 44.4 Å². The summed E-state index contributed by atoms with van der Waals surface area (Å²) in [7, 11) is 0. The van der Waals surface area contributed by atoms with Crippen molar-refractivity contribution in [3.63, 3.8) is 0 Å². The van der Waals surface area contributed by atoms with Crippen LogP contribution < -0.4 is 0 Å². The Hall–Kier alpha value is -2.34. The molecule has 1 aliphatic heterocycles. The Morgan fingerprint density at radius 3 is 2.52 bits per heavy atom. The molecular formula is C20H23ClN4O2. The average molecular weight is 387 g/mol. The molecule has 2 amide bonds. The highest BCUT2D eigenvalue weighted by Crippen LogP contribution is 2.27. The van der Waals surface area contributed by atoms with Crippen LogP contribution in [0.3, 0.4) is 0 Å². The number of amides is 2. The van der Waals surface area contributed by atoms with E-state index in [9.17, 15) is 9.59 Å². The summed E-state index contributed by atoms with van der Waals surface area (Å²) in [6, 6.07) is 5.65. The molecule has 0 N–H and O–H groups in total. The molecule has 0 bridgehead atoms. The molecule has 3 heterocycles. The molecule has 6 nitrogen and oxygen atoms in total. The van der Waals surface area contributed by atoms with E-state index in [2.05, 4.69) is 4.98 Å². The molecule has 0 spiro atoms. The number of imidazole rings is 1. The van der Waals surface area contributed by atoms with Crippen molar-refractivity contribution in [3.05, 3.63) is 41.3 Å². The Kier molecular flexibility index (Phi) is 5.16. The van der Waals surface area contributed by atoms with Gasteiger partial charge in [0.05, 0.1) is 5.69 Å². The fourth-order valence-corrected chi connectivity index (χ4v) is 4.21. The van der Waals surface area contributed by atoms with Crippen LogP contribution in [-0.4, -0.2) is 57.2 Å². The standard InChI is InChI=1S/C20H23ClN4O2/c21-19-16(25-10-4-3-7-17(25)22-19)8-9-18(26)23-11-13-24(14-12-23)20(27)15-5-1-2-6-15/h3-4,7-10,15H,1-2,5-6,11-14H2/b9-8+. The van der Waals surface area contributed by atoms with Gasteiger partial charge in [-0.1, -0.05) is 30.5 Å². The maximum Gasteiger partial charge on any atom is 0.246 e. The minimum absolute atomic E-state index is 0.0649. The molecule has 2 fully saturated rings. The fraction of sp³-hybridized carbons (Fsp3) is 0.450. The second kappa shape index (κ2) is 7.72. The van der Waals surface area contributed by atoms with Gasteiger partial charge in [0.2, 0.25) is 11.8 Å². The Bertz CT molecular complexity index is 877. The molecule has 2 aromatic rings. The van der Waals surface area contributed by atoms with Crippen LogP contribution in [0.5, 0.6) is 0 Å². The van der Waals surface area contributed by atoms with Crippen molar-refractivity contribution in [2.75, 3.05) is 26.2 Å². The van der Waals surface area contributed by atoms with Crippen LogP contribution in [0.4, 0.5) is 0 Å². The van der Waals surface area contributed by atoms with Crippen LogP contribution in [0.2, 0.25) is 5.15 Å². The maximum absolute atomic E-state index is 12.5. The summed E-state index contributed by atoms with van der Waals surface area (Å²) in [6.45, 7) is 2.38. The molecule has 142 valence electrons. The molecule has 1 saturated heterocycles. The van der Waals surface area contributed by atoms with Gasteiger partial charge in [0.1, 0.15) is 5.65 Å². The van der Waals surface area contributed by atoms with Crippen LogP contribution in [0.25, 0.3) is 11.7 Å². The fourth-order valence-electron chi connectivity index (χ4n) is 3.97. The zero-order valence-electron chi connectivity index (χ0n) is 15.2. The minimum Gasteiger partial charge on any atom is -0.339 e. The Morgan fingerprint density at radius 2 is 1.78 bits per heavy atom. The molecule has 7 heteroatoms. The van der Waals surface area contributed by atoms with Crippen molar-refractivity contribution in [1.82, 2.24) is 19.2 Å². The summed E-state index contributed by atoms with van der Waals surface area (Å²) >= 11 is 6.20. The van der Waals surface area contributed by atoms with Gasteiger partial charge < -0.3 is 9.80 Å². The molecule has 1 saturated carbocycles. The van der Waals surface area contributed by atoms with Crippen molar-refractivity contribution in [2.45, 2.75) is 25.7 Å². The molecule has 2 aromatic heterocycles. The third-order valence-electron chi connectivity index (χ3n) is 5.51. The first kappa shape index (κ1) is 18.0. The lowest BCUT2D eigenvalue weighted by molar-refractivity contribution is -0.140. The topological polar surface area (TPSA) is 57.9 Å². The summed E-state index contributed by atoms with van der Waals surface area (Å²) < 4.78 is 1.85. The molecule has 0 radical (unpaired) electrons. The zero-order valence-corrected chi connectivity index (χ0v) is 15.9. The highest BCUT2D eigenvalue weighted by Gasteiger charge is 2.30. The van der Waals surface area contributed by atoms with Gasteiger partial charge in [-0.05, 0) is 31.1 Å². The van der Waals surface area contributed by atoms with E-state index in [4.69, 9.17) is 11.6 Å². The normalized spacial score (nSPS) is 18.7. The Labute approximate surface area is 163 Å². The lowest BCUT2D eigenvalue weighted by atomic mass is 10.1. The second-order valence-corrected chi connectivity index (χ2v) is 7.54. The van der Waals surface area contributed by atoms with Crippen LogP contribution in [0.1, 0.15) is 31.4 Å². The van der Waals surface area contributed by atoms with Crippen LogP contribution >= 0.6 is 11.6 Å². The molecule has 27 heavy (non-hydrogen) atoms. The molecule has 0 atom stereocenters. The summed E-state index contributed by atoms with van der Waals surface area (Å²) in [5.74, 6) is 0.405. The molecule has 1 aliphatic carbocycles. The number of hydrogen-bond donors (Lipinski definition) is 0. The summed E-state index contributed by atoms with van der Waals surface area (Å²) in [5, 5.41) is 0.372. The van der Waals surface area contributed by atoms with Gasteiger partial charge in [-0.15, -0.1) is 0 Å². The lowest BCUT2D eigenvalue weighted by Gasteiger charge is -2.35. The SMILES string of the molecule is O=C(/C=C/c1c(Cl)nc2ccccn12)N1CCN(C(=O)C2CCCC2)CC1. The zero-order chi connectivity index (χ0) is 18.8. The van der Waals surface area contributed by atoms with E-state index in [0.29, 0.717) is 37.0 Å². The van der Waals surface area contributed by atoms with Crippen molar-refractivity contribution < 1.29 is 9.59 Å². The summed E-state index contributed by atoms with van der Waals surface area (Å²) in [6.07, 6.45) is 9.46. The summed E-state index contributed by atoms with van der Waals surface area (Å²) in [4.78, 5) is 33.0. The third-order valence-corrected chi connectivity index (χ3v) is 5.79. The van der Waals surface area contributed by atoms with Gasteiger partial charge in [0.15, 0.2) is 5.15 Å². The maximum atomic E-state index is 12.5. The molecule has 0 aromatic carbocycles. The van der Waals surface area contributed by atoms with E-state index < -0.39 is 0 Å². The van der Waals surface area contributed by atoms with Crippen molar-refractivity contribution in [2.24, 2.45) is 5.92 Å². The van der Waals surface area contributed by atoms with Gasteiger partial charge >= 0.3 is 0 Å². The predicted molar refractivity (Wildman–Crippen MR) is 104 cm³/mol. The monoisotopic (exact) mass is 386 g/mol.